The molecule has 6 nitrogen and oxygen atoms in total. The van der Waals surface area contributed by atoms with Gasteiger partial charge in [-0.15, -0.1) is 24.0 Å². The minimum atomic E-state index is -0.0719. The Labute approximate surface area is 186 Å². The summed E-state index contributed by atoms with van der Waals surface area (Å²) in [4.78, 5) is 18.4. The first kappa shape index (κ1) is 24.5. The number of guanidine groups is 1. The molecule has 0 bridgehead atoms. The second-order valence-corrected chi connectivity index (χ2v) is 7.03. The van der Waals surface area contributed by atoms with Gasteiger partial charge in [-0.25, -0.2) is 0 Å². The largest absolute Gasteiger partial charge is 0.491 e. The van der Waals surface area contributed by atoms with E-state index in [1.165, 1.54) is 5.56 Å². The summed E-state index contributed by atoms with van der Waals surface area (Å²) in [5.41, 5.74) is 1.22. The number of hydrogen-bond donors (Lipinski definition) is 1. The van der Waals surface area contributed by atoms with Crippen LogP contribution in [-0.4, -0.2) is 56.7 Å². The molecule has 28 heavy (non-hydrogen) atoms. The van der Waals surface area contributed by atoms with E-state index in [0.29, 0.717) is 25.7 Å². The average molecular weight is 503 g/mol. The number of benzene rings is 1. The van der Waals surface area contributed by atoms with E-state index in [4.69, 9.17) is 9.47 Å². The number of rotatable bonds is 7. The van der Waals surface area contributed by atoms with Crippen molar-refractivity contribution in [2.24, 2.45) is 10.9 Å². The van der Waals surface area contributed by atoms with Crippen molar-refractivity contribution in [3.05, 3.63) is 29.8 Å². The Balaban J connectivity index is 0.00000392. The molecule has 7 heteroatoms. The summed E-state index contributed by atoms with van der Waals surface area (Å²) in [5.74, 6) is 2.17. The van der Waals surface area contributed by atoms with Crippen LogP contribution in [0.1, 0.15) is 45.1 Å². The van der Waals surface area contributed by atoms with Crippen LogP contribution in [0, 0.1) is 5.92 Å². The number of esters is 1. The first-order chi connectivity index (χ1) is 13.1. The summed E-state index contributed by atoms with van der Waals surface area (Å²) >= 11 is 0. The molecule has 0 aliphatic carbocycles. The molecule has 0 atom stereocenters. The SMILES string of the molecule is CCOC(=O)C1CCN(C(=NC)NCCOc2ccccc2C(C)C)CC1.I. The van der Waals surface area contributed by atoms with Gasteiger partial charge in [0.1, 0.15) is 12.4 Å². The molecule has 0 amide bonds. The Morgan fingerprint density at radius 2 is 1.96 bits per heavy atom. The normalized spacial score (nSPS) is 15.2. The molecular formula is C21H34IN3O3. The monoisotopic (exact) mass is 503 g/mol. The highest BCUT2D eigenvalue weighted by molar-refractivity contribution is 14.0. The maximum absolute atomic E-state index is 11.9. The molecule has 1 aliphatic rings. The van der Waals surface area contributed by atoms with Crippen molar-refractivity contribution < 1.29 is 14.3 Å². The maximum atomic E-state index is 11.9. The zero-order chi connectivity index (χ0) is 19.6. The highest BCUT2D eigenvalue weighted by Crippen LogP contribution is 2.25. The van der Waals surface area contributed by atoms with Gasteiger partial charge in [0.05, 0.1) is 19.1 Å². The minimum absolute atomic E-state index is 0. The van der Waals surface area contributed by atoms with Gasteiger partial charge in [0.25, 0.3) is 0 Å². The molecular weight excluding hydrogens is 469 g/mol. The van der Waals surface area contributed by atoms with Crippen LogP contribution in [0.25, 0.3) is 0 Å². The fraction of sp³-hybridized carbons (Fsp3) is 0.619. The van der Waals surface area contributed by atoms with Crippen molar-refractivity contribution >= 4 is 35.9 Å². The van der Waals surface area contributed by atoms with Crippen molar-refractivity contribution in [2.45, 2.75) is 39.5 Å². The summed E-state index contributed by atoms with van der Waals surface area (Å²) < 4.78 is 11.1. The van der Waals surface area contributed by atoms with Gasteiger partial charge in [-0.3, -0.25) is 9.79 Å². The van der Waals surface area contributed by atoms with E-state index in [9.17, 15) is 4.79 Å². The number of carbonyl (C=O) groups is 1. The number of likely N-dealkylation sites (tertiary alicyclic amines) is 1. The molecule has 1 heterocycles. The van der Waals surface area contributed by atoms with Crippen LogP contribution < -0.4 is 10.1 Å². The Morgan fingerprint density at radius 1 is 1.29 bits per heavy atom. The number of halogens is 1. The molecule has 0 aromatic heterocycles. The fourth-order valence-electron chi connectivity index (χ4n) is 3.33. The summed E-state index contributed by atoms with van der Waals surface area (Å²) in [6.07, 6.45) is 1.61. The third-order valence-corrected chi connectivity index (χ3v) is 4.81. The summed E-state index contributed by atoms with van der Waals surface area (Å²) in [7, 11) is 1.79. The molecule has 0 unspecified atom stereocenters. The minimum Gasteiger partial charge on any atom is -0.491 e. The molecule has 1 fully saturated rings. The zero-order valence-electron chi connectivity index (χ0n) is 17.4. The highest BCUT2D eigenvalue weighted by Gasteiger charge is 2.27. The lowest BCUT2D eigenvalue weighted by Crippen LogP contribution is -2.47. The summed E-state index contributed by atoms with van der Waals surface area (Å²) in [5, 5.41) is 3.36. The predicted octanol–water partition coefficient (Wildman–Crippen LogP) is 3.66. The van der Waals surface area contributed by atoms with E-state index in [1.54, 1.807) is 7.05 Å². The van der Waals surface area contributed by atoms with E-state index in [1.807, 2.05) is 25.1 Å². The number of piperidine rings is 1. The van der Waals surface area contributed by atoms with Gasteiger partial charge in [0.2, 0.25) is 0 Å². The lowest BCUT2D eigenvalue weighted by molar-refractivity contribution is -0.149. The molecule has 0 saturated carbocycles. The van der Waals surface area contributed by atoms with Gasteiger partial charge in [-0.05, 0) is 37.3 Å². The molecule has 2 rings (SSSR count). The topological polar surface area (TPSA) is 63.2 Å². The Bertz CT molecular complexity index is 629. The molecule has 158 valence electrons. The van der Waals surface area contributed by atoms with Gasteiger partial charge in [0.15, 0.2) is 5.96 Å². The molecule has 0 spiro atoms. The molecule has 1 aliphatic heterocycles. The van der Waals surface area contributed by atoms with Gasteiger partial charge >= 0.3 is 5.97 Å². The first-order valence-electron chi connectivity index (χ1n) is 9.90. The van der Waals surface area contributed by atoms with E-state index < -0.39 is 0 Å². The fourth-order valence-corrected chi connectivity index (χ4v) is 3.33. The molecule has 1 aromatic rings. The number of hydrogen-bond acceptors (Lipinski definition) is 4. The van der Waals surface area contributed by atoms with Crippen molar-refractivity contribution in [1.29, 1.82) is 0 Å². The molecule has 1 N–H and O–H groups in total. The highest BCUT2D eigenvalue weighted by atomic mass is 127. The van der Waals surface area contributed by atoms with Crippen LogP contribution >= 0.6 is 24.0 Å². The third kappa shape index (κ3) is 7.14. The van der Waals surface area contributed by atoms with Gasteiger partial charge in [-0.2, -0.15) is 0 Å². The average Bonchev–Trinajstić information content (AvgIpc) is 2.68. The van der Waals surface area contributed by atoms with E-state index in [2.05, 4.69) is 35.1 Å². The van der Waals surface area contributed by atoms with E-state index >= 15 is 0 Å². The molecule has 1 saturated heterocycles. The Morgan fingerprint density at radius 3 is 2.57 bits per heavy atom. The quantitative estimate of drug-likeness (QED) is 0.202. The van der Waals surface area contributed by atoms with E-state index in [0.717, 1.165) is 37.6 Å². The lowest BCUT2D eigenvalue weighted by atomic mass is 9.97. The van der Waals surface area contributed by atoms with Crippen LogP contribution in [0.2, 0.25) is 0 Å². The van der Waals surface area contributed by atoms with Crippen molar-refractivity contribution in [1.82, 2.24) is 10.2 Å². The van der Waals surface area contributed by atoms with Crippen LogP contribution in [0.15, 0.2) is 29.3 Å². The second-order valence-electron chi connectivity index (χ2n) is 7.03. The van der Waals surface area contributed by atoms with Crippen LogP contribution in [-0.2, 0) is 9.53 Å². The van der Waals surface area contributed by atoms with Gasteiger partial charge in [-0.1, -0.05) is 32.0 Å². The summed E-state index contributed by atoms with van der Waals surface area (Å²) in [6, 6.07) is 8.17. The zero-order valence-corrected chi connectivity index (χ0v) is 19.8. The lowest BCUT2D eigenvalue weighted by Gasteiger charge is -2.33. The number of nitrogens with one attached hydrogen (secondary N) is 1. The number of carbonyl (C=O) groups excluding carboxylic acids is 1. The third-order valence-electron chi connectivity index (χ3n) is 4.81. The van der Waals surface area contributed by atoms with Crippen LogP contribution in [0.3, 0.4) is 0 Å². The smallest absolute Gasteiger partial charge is 0.309 e. The Kier molecular flexibility index (Phi) is 11.3. The standard InChI is InChI=1S/C21H33N3O3.HI/c1-5-26-20(25)17-10-13-24(14-11-17)21(22-4)23-12-15-27-19-9-7-6-8-18(19)16(2)3;/h6-9,16-17H,5,10-15H2,1-4H3,(H,22,23);1H. The van der Waals surface area contributed by atoms with Gasteiger partial charge < -0.3 is 19.7 Å². The van der Waals surface area contributed by atoms with Crippen LogP contribution in [0.4, 0.5) is 0 Å². The van der Waals surface area contributed by atoms with Crippen LogP contribution in [0.5, 0.6) is 5.75 Å². The molecule has 0 radical (unpaired) electrons. The number of para-hydroxylation sites is 1. The van der Waals surface area contributed by atoms with Crippen molar-refractivity contribution in [3.63, 3.8) is 0 Å². The number of aliphatic imine (C=N–C) groups is 1. The first-order valence-corrected chi connectivity index (χ1v) is 9.90. The van der Waals surface area contributed by atoms with Gasteiger partial charge in [0, 0.05) is 20.1 Å². The number of nitrogens with zero attached hydrogens (tertiary/aromatic N) is 2. The Hall–Kier alpha value is -1.51. The second kappa shape index (κ2) is 12.9. The summed E-state index contributed by atoms with van der Waals surface area (Å²) in [6.45, 7) is 9.49. The van der Waals surface area contributed by atoms with E-state index in [-0.39, 0.29) is 35.9 Å². The van der Waals surface area contributed by atoms with Crippen molar-refractivity contribution in [3.8, 4) is 5.75 Å². The van der Waals surface area contributed by atoms with Crippen molar-refractivity contribution in [2.75, 3.05) is 39.9 Å². The predicted molar refractivity (Wildman–Crippen MR) is 124 cm³/mol. The number of ether oxygens (including phenoxy) is 2. The molecule has 1 aromatic carbocycles. The maximum Gasteiger partial charge on any atom is 0.309 e.